The number of para-hydroxylation sites is 1. The summed E-state index contributed by atoms with van der Waals surface area (Å²) in [6.45, 7) is 7.31. The van der Waals surface area contributed by atoms with Gasteiger partial charge >= 0.3 is 6.03 Å². The summed E-state index contributed by atoms with van der Waals surface area (Å²) in [7, 11) is 0. The van der Waals surface area contributed by atoms with Gasteiger partial charge < -0.3 is 10.4 Å². The van der Waals surface area contributed by atoms with E-state index in [2.05, 4.69) is 20.6 Å². The Kier molecular flexibility index (Phi) is 6.44. The van der Waals surface area contributed by atoms with Crippen LogP contribution in [0.5, 0.6) is 0 Å². The summed E-state index contributed by atoms with van der Waals surface area (Å²) in [5.41, 5.74) is 2.94. The summed E-state index contributed by atoms with van der Waals surface area (Å²) in [6, 6.07) is 9.92. The number of hydrogen-bond donors (Lipinski definition) is 3. The van der Waals surface area contributed by atoms with Crippen molar-refractivity contribution in [1.29, 1.82) is 0 Å². The minimum atomic E-state index is -1.04. The number of aliphatic hydroxyl groups is 1. The van der Waals surface area contributed by atoms with Gasteiger partial charge in [-0.05, 0) is 61.1 Å². The topological polar surface area (TPSA) is 105 Å². The predicted octanol–water partition coefficient (Wildman–Crippen LogP) is 5.13. The van der Waals surface area contributed by atoms with Crippen LogP contribution >= 0.6 is 0 Å². The highest BCUT2D eigenvalue weighted by Gasteiger charge is 2.40. The first-order valence-electron chi connectivity index (χ1n) is 12.2. The monoisotopic (exact) mass is 518 g/mol. The number of aromatic nitrogens is 4. The molecule has 1 aliphatic rings. The van der Waals surface area contributed by atoms with Crippen LogP contribution in [0.25, 0.3) is 16.9 Å². The van der Waals surface area contributed by atoms with Crippen LogP contribution in [0, 0.1) is 25.5 Å². The highest BCUT2D eigenvalue weighted by Crippen LogP contribution is 2.42. The van der Waals surface area contributed by atoms with Gasteiger partial charge in [-0.2, -0.15) is 5.10 Å². The number of carbonyl (C=O) groups excluding carboxylic acids is 1. The molecule has 0 saturated heterocycles. The lowest BCUT2D eigenvalue weighted by molar-refractivity contribution is 0.0878. The molecule has 2 aromatic carbocycles. The van der Waals surface area contributed by atoms with E-state index < -0.39 is 35.2 Å². The zero-order valence-electron chi connectivity index (χ0n) is 21.5. The molecule has 1 aliphatic carbocycles. The van der Waals surface area contributed by atoms with E-state index in [0.29, 0.717) is 45.3 Å². The Hall–Kier alpha value is -4.18. The van der Waals surface area contributed by atoms with Crippen LogP contribution in [0.15, 0.2) is 54.9 Å². The lowest BCUT2D eigenvalue weighted by atomic mass is 9.69. The highest BCUT2D eigenvalue weighted by molar-refractivity contribution is 5.91. The third-order valence-electron chi connectivity index (χ3n) is 6.96. The molecule has 1 unspecified atom stereocenters. The molecule has 2 amide bonds. The first kappa shape index (κ1) is 25.5. The van der Waals surface area contributed by atoms with Gasteiger partial charge in [-0.1, -0.05) is 32.0 Å². The quantitative estimate of drug-likeness (QED) is 0.348. The Morgan fingerprint density at radius 2 is 1.74 bits per heavy atom. The fourth-order valence-electron chi connectivity index (χ4n) is 5.01. The van der Waals surface area contributed by atoms with Crippen LogP contribution in [-0.2, 0) is 5.41 Å². The summed E-state index contributed by atoms with van der Waals surface area (Å²) >= 11 is 0. The molecule has 0 aliphatic heterocycles. The molecule has 5 rings (SSSR count). The number of fused-ring (bicyclic) bond motifs is 1. The molecule has 0 fully saturated rings. The standard InChI is InChI=1S/C28H28F2N6O2/c1-15-24(17-13-31-16(2)32-14-17)35-36(18-8-6-5-7-9-18)26(15)34-27(38)33-25-19-10-21(29)22(30)11-20(19)28(3,4)12-23(25)37/h5-11,13-14,23,25,37H,12H2,1-4H3,(H2,33,34,38)/t23-,25?/m1/s1. The predicted molar refractivity (Wildman–Crippen MR) is 139 cm³/mol. The molecule has 2 heterocycles. The number of hydrogen-bond acceptors (Lipinski definition) is 5. The van der Waals surface area contributed by atoms with Crippen molar-refractivity contribution in [3.63, 3.8) is 0 Å². The molecule has 10 heteroatoms. The fourth-order valence-corrected chi connectivity index (χ4v) is 5.01. The minimum absolute atomic E-state index is 0.258. The van der Waals surface area contributed by atoms with E-state index in [0.717, 1.165) is 12.1 Å². The van der Waals surface area contributed by atoms with Crippen LogP contribution in [0.2, 0.25) is 0 Å². The first-order chi connectivity index (χ1) is 18.0. The molecule has 4 aromatic rings. The summed E-state index contributed by atoms with van der Waals surface area (Å²) in [4.78, 5) is 21.8. The summed E-state index contributed by atoms with van der Waals surface area (Å²) in [6.07, 6.45) is 2.59. The summed E-state index contributed by atoms with van der Waals surface area (Å²) in [5.74, 6) is -0.979. The summed E-state index contributed by atoms with van der Waals surface area (Å²) < 4.78 is 29.9. The van der Waals surface area contributed by atoms with Crippen molar-refractivity contribution in [3.05, 3.63) is 89.0 Å². The van der Waals surface area contributed by atoms with E-state index >= 15 is 0 Å². The number of aliphatic hydroxyl groups excluding tert-OH is 1. The number of anilines is 1. The molecular weight excluding hydrogens is 490 g/mol. The van der Waals surface area contributed by atoms with Gasteiger partial charge in [0.15, 0.2) is 11.6 Å². The van der Waals surface area contributed by atoms with Crippen molar-refractivity contribution in [2.45, 2.75) is 51.7 Å². The molecule has 2 aromatic heterocycles. The smallest absolute Gasteiger partial charge is 0.320 e. The van der Waals surface area contributed by atoms with E-state index in [9.17, 15) is 18.7 Å². The second-order valence-corrected chi connectivity index (χ2v) is 10.2. The number of halogens is 2. The maximum atomic E-state index is 14.2. The largest absolute Gasteiger partial charge is 0.391 e. The van der Waals surface area contributed by atoms with E-state index in [1.807, 2.05) is 51.1 Å². The van der Waals surface area contributed by atoms with Crippen LogP contribution in [0.4, 0.5) is 19.4 Å². The zero-order chi connectivity index (χ0) is 27.2. The number of urea groups is 1. The van der Waals surface area contributed by atoms with Crippen molar-refractivity contribution in [2.75, 3.05) is 5.32 Å². The van der Waals surface area contributed by atoms with Crippen molar-refractivity contribution < 1.29 is 18.7 Å². The number of nitrogens with one attached hydrogen (secondary N) is 2. The lowest BCUT2D eigenvalue weighted by Crippen LogP contribution is -2.45. The average Bonchev–Trinajstić information content (AvgIpc) is 3.19. The maximum absolute atomic E-state index is 14.2. The molecular formula is C28H28F2N6O2. The van der Waals surface area contributed by atoms with Crippen LogP contribution in [0.3, 0.4) is 0 Å². The second kappa shape index (κ2) is 9.60. The first-order valence-corrected chi connectivity index (χ1v) is 12.2. The SMILES string of the molecule is Cc1ncc(-c2nn(-c3ccccc3)c(NC(=O)NC3c4cc(F)c(F)cc4C(C)(C)C[C@H]3O)c2C)cn1. The third-order valence-corrected chi connectivity index (χ3v) is 6.96. The molecule has 8 nitrogen and oxygen atoms in total. The van der Waals surface area contributed by atoms with Gasteiger partial charge in [0, 0.05) is 23.5 Å². The highest BCUT2D eigenvalue weighted by atomic mass is 19.2. The average molecular weight is 519 g/mol. The Morgan fingerprint density at radius 3 is 2.42 bits per heavy atom. The van der Waals surface area contributed by atoms with E-state index in [1.165, 1.54) is 0 Å². The zero-order valence-corrected chi connectivity index (χ0v) is 21.5. The van der Waals surface area contributed by atoms with E-state index in [1.54, 1.807) is 24.0 Å². The normalized spacial score (nSPS) is 18.1. The van der Waals surface area contributed by atoms with Gasteiger partial charge in [0.2, 0.25) is 0 Å². The van der Waals surface area contributed by atoms with Crippen molar-refractivity contribution in [3.8, 4) is 16.9 Å². The molecule has 0 radical (unpaired) electrons. The van der Waals surface area contributed by atoms with Crippen molar-refractivity contribution in [1.82, 2.24) is 25.1 Å². The second-order valence-electron chi connectivity index (χ2n) is 10.2. The number of amides is 2. The molecule has 38 heavy (non-hydrogen) atoms. The van der Waals surface area contributed by atoms with Gasteiger partial charge in [0.1, 0.15) is 17.3 Å². The van der Waals surface area contributed by atoms with Crippen LogP contribution in [-0.4, -0.2) is 37.0 Å². The fraction of sp³-hybridized carbons (Fsp3) is 0.286. The molecule has 0 bridgehead atoms. The van der Waals surface area contributed by atoms with E-state index in [4.69, 9.17) is 5.10 Å². The van der Waals surface area contributed by atoms with Crippen LogP contribution in [0.1, 0.15) is 48.8 Å². The van der Waals surface area contributed by atoms with Crippen LogP contribution < -0.4 is 10.6 Å². The molecule has 196 valence electrons. The van der Waals surface area contributed by atoms with Crippen molar-refractivity contribution >= 4 is 11.8 Å². The van der Waals surface area contributed by atoms with E-state index in [-0.39, 0.29) is 6.42 Å². The maximum Gasteiger partial charge on any atom is 0.320 e. The van der Waals surface area contributed by atoms with Gasteiger partial charge in [0.05, 0.1) is 17.8 Å². The number of aryl methyl sites for hydroxylation is 1. The number of rotatable bonds is 4. The lowest BCUT2D eigenvalue weighted by Gasteiger charge is -2.40. The summed E-state index contributed by atoms with van der Waals surface area (Å²) in [5, 5.41) is 21.2. The minimum Gasteiger partial charge on any atom is -0.391 e. The van der Waals surface area contributed by atoms with Gasteiger partial charge in [0.25, 0.3) is 0 Å². The number of nitrogens with zero attached hydrogens (tertiary/aromatic N) is 4. The Morgan fingerprint density at radius 1 is 1.08 bits per heavy atom. The number of benzene rings is 2. The van der Waals surface area contributed by atoms with Gasteiger partial charge in [-0.25, -0.2) is 28.2 Å². The molecule has 0 saturated carbocycles. The van der Waals surface area contributed by atoms with Gasteiger partial charge in [-0.15, -0.1) is 0 Å². The van der Waals surface area contributed by atoms with Crippen molar-refractivity contribution in [2.24, 2.45) is 0 Å². The third kappa shape index (κ3) is 4.63. The molecule has 3 N–H and O–H groups in total. The van der Waals surface area contributed by atoms with Gasteiger partial charge in [-0.3, -0.25) is 5.32 Å². The Balaban J connectivity index is 1.50. The Labute approximate surface area is 218 Å². The number of carbonyl (C=O) groups is 1. The molecule has 0 spiro atoms. The molecule has 2 atom stereocenters. The Bertz CT molecular complexity index is 1500.